The van der Waals surface area contributed by atoms with Crippen molar-refractivity contribution >= 4 is 5.95 Å². The first-order chi connectivity index (χ1) is 9.09. The maximum atomic E-state index is 5.69. The van der Waals surface area contributed by atoms with Gasteiger partial charge < -0.3 is 19.5 Å². The van der Waals surface area contributed by atoms with Crippen molar-refractivity contribution in [2.24, 2.45) is 0 Å². The van der Waals surface area contributed by atoms with Crippen molar-refractivity contribution in [2.75, 3.05) is 25.1 Å². The van der Waals surface area contributed by atoms with E-state index in [-0.39, 0.29) is 6.10 Å². The number of hydrogen-bond acceptors (Lipinski definition) is 6. The molecular weight excluding hydrogens is 246 g/mol. The maximum Gasteiger partial charge on any atom is 0.226 e. The van der Waals surface area contributed by atoms with Gasteiger partial charge in [0.2, 0.25) is 11.8 Å². The SMILES string of the molecule is CCCOc1ccnc(NCC2COC(C)(C)O2)n1. The van der Waals surface area contributed by atoms with Gasteiger partial charge in [0.25, 0.3) is 0 Å². The molecule has 0 amide bonds. The normalized spacial score (nSPS) is 21.3. The van der Waals surface area contributed by atoms with Gasteiger partial charge in [-0.05, 0) is 20.3 Å². The van der Waals surface area contributed by atoms with Crippen LogP contribution in [0.1, 0.15) is 27.2 Å². The van der Waals surface area contributed by atoms with Crippen LogP contribution in [0, 0.1) is 0 Å². The summed E-state index contributed by atoms with van der Waals surface area (Å²) in [4.78, 5) is 8.41. The summed E-state index contributed by atoms with van der Waals surface area (Å²) in [6, 6.07) is 1.75. The second-order valence-electron chi connectivity index (χ2n) is 4.90. The summed E-state index contributed by atoms with van der Waals surface area (Å²) >= 11 is 0. The van der Waals surface area contributed by atoms with Gasteiger partial charge in [-0.2, -0.15) is 4.98 Å². The minimum atomic E-state index is -0.501. The van der Waals surface area contributed by atoms with E-state index in [2.05, 4.69) is 22.2 Å². The molecule has 1 aliphatic heterocycles. The van der Waals surface area contributed by atoms with Crippen LogP contribution in [0.4, 0.5) is 5.95 Å². The molecule has 0 radical (unpaired) electrons. The largest absolute Gasteiger partial charge is 0.478 e. The lowest BCUT2D eigenvalue weighted by atomic mass is 10.4. The van der Waals surface area contributed by atoms with E-state index in [1.165, 1.54) is 0 Å². The van der Waals surface area contributed by atoms with Crippen LogP contribution in [0.3, 0.4) is 0 Å². The maximum absolute atomic E-state index is 5.69. The van der Waals surface area contributed by atoms with Crippen LogP contribution in [0.15, 0.2) is 12.3 Å². The van der Waals surface area contributed by atoms with Crippen LogP contribution in [0.2, 0.25) is 0 Å². The zero-order valence-corrected chi connectivity index (χ0v) is 11.7. The van der Waals surface area contributed by atoms with Gasteiger partial charge in [-0.3, -0.25) is 0 Å². The quantitative estimate of drug-likeness (QED) is 0.848. The molecule has 1 aromatic heterocycles. The second-order valence-corrected chi connectivity index (χ2v) is 4.90. The summed E-state index contributed by atoms with van der Waals surface area (Å²) in [5, 5.41) is 3.13. The molecule has 6 nitrogen and oxygen atoms in total. The Hall–Kier alpha value is -1.40. The highest BCUT2D eigenvalue weighted by Gasteiger charge is 2.32. The van der Waals surface area contributed by atoms with Crippen LogP contribution in [-0.2, 0) is 9.47 Å². The summed E-state index contributed by atoms with van der Waals surface area (Å²) in [5.74, 6) is 0.629. The minimum absolute atomic E-state index is 0.0128. The Morgan fingerprint density at radius 3 is 3.05 bits per heavy atom. The van der Waals surface area contributed by atoms with Crippen molar-refractivity contribution in [3.63, 3.8) is 0 Å². The van der Waals surface area contributed by atoms with Crippen molar-refractivity contribution < 1.29 is 14.2 Å². The summed E-state index contributed by atoms with van der Waals surface area (Å²) in [7, 11) is 0. The smallest absolute Gasteiger partial charge is 0.226 e. The van der Waals surface area contributed by atoms with E-state index in [1.807, 2.05) is 13.8 Å². The van der Waals surface area contributed by atoms with Crippen molar-refractivity contribution in [2.45, 2.75) is 39.1 Å². The number of rotatable bonds is 6. The molecule has 0 saturated carbocycles. The van der Waals surface area contributed by atoms with E-state index < -0.39 is 5.79 Å². The molecule has 2 heterocycles. The van der Waals surface area contributed by atoms with E-state index in [4.69, 9.17) is 14.2 Å². The van der Waals surface area contributed by atoms with Crippen LogP contribution in [0.25, 0.3) is 0 Å². The van der Waals surface area contributed by atoms with E-state index in [0.29, 0.717) is 31.6 Å². The fraction of sp³-hybridized carbons (Fsp3) is 0.692. The molecule has 1 N–H and O–H groups in total. The topological polar surface area (TPSA) is 65.5 Å². The first kappa shape index (κ1) is 14.0. The third kappa shape index (κ3) is 4.33. The summed E-state index contributed by atoms with van der Waals surface area (Å²) < 4.78 is 16.6. The van der Waals surface area contributed by atoms with Crippen LogP contribution in [-0.4, -0.2) is 41.6 Å². The van der Waals surface area contributed by atoms with E-state index in [0.717, 1.165) is 6.42 Å². The molecule has 0 spiro atoms. The Kier molecular flexibility index (Phi) is 4.55. The lowest BCUT2D eigenvalue weighted by molar-refractivity contribution is -0.136. The zero-order chi connectivity index (χ0) is 13.7. The summed E-state index contributed by atoms with van der Waals surface area (Å²) in [6.07, 6.45) is 2.64. The summed E-state index contributed by atoms with van der Waals surface area (Å²) in [5.41, 5.74) is 0. The van der Waals surface area contributed by atoms with Gasteiger partial charge in [-0.1, -0.05) is 6.92 Å². The van der Waals surface area contributed by atoms with Gasteiger partial charge in [0.1, 0.15) is 6.10 Å². The Bertz CT molecular complexity index is 412. The molecule has 1 unspecified atom stereocenters. The molecule has 1 atom stereocenters. The third-order valence-electron chi connectivity index (χ3n) is 2.64. The van der Waals surface area contributed by atoms with Gasteiger partial charge in [-0.15, -0.1) is 0 Å². The lowest BCUT2D eigenvalue weighted by Crippen LogP contribution is -2.26. The highest BCUT2D eigenvalue weighted by Crippen LogP contribution is 2.22. The highest BCUT2D eigenvalue weighted by molar-refractivity contribution is 5.27. The van der Waals surface area contributed by atoms with Crippen molar-refractivity contribution in [3.05, 3.63) is 12.3 Å². The molecule has 6 heteroatoms. The van der Waals surface area contributed by atoms with Gasteiger partial charge in [0.05, 0.1) is 13.2 Å². The number of nitrogens with one attached hydrogen (secondary N) is 1. The van der Waals surface area contributed by atoms with Gasteiger partial charge in [-0.25, -0.2) is 4.98 Å². The average Bonchev–Trinajstić information content (AvgIpc) is 2.74. The molecule has 106 valence electrons. The Morgan fingerprint density at radius 1 is 1.53 bits per heavy atom. The monoisotopic (exact) mass is 267 g/mol. The predicted molar refractivity (Wildman–Crippen MR) is 71.2 cm³/mol. The minimum Gasteiger partial charge on any atom is -0.478 e. The van der Waals surface area contributed by atoms with Gasteiger partial charge in [0, 0.05) is 18.8 Å². The number of ether oxygens (including phenoxy) is 3. The molecule has 1 aromatic rings. The van der Waals surface area contributed by atoms with Crippen molar-refractivity contribution in [3.8, 4) is 5.88 Å². The van der Waals surface area contributed by atoms with Crippen LogP contribution >= 0.6 is 0 Å². The molecule has 0 bridgehead atoms. The first-order valence-corrected chi connectivity index (χ1v) is 6.60. The first-order valence-electron chi connectivity index (χ1n) is 6.60. The fourth-order valence-electron chi connectivity index (χ4n) is 1.78. The molecule has 2 rings (SSSR count). The van der Waals surface area contributed by atoms with E-state index in [9.17, 15) is 0 Å². The molecule has 1 aliphatic rings. The second kappa shape index (κ2) is 6.16. The lowest BCUT2D eigenvalue weighted by Gasteiger charge is -2.17. The predicted octanol–water partition coefficient (Wildman–Crippen LogP) is 1.83. The Morgan fingerprint density at radius 2 is 2.37 bits per heavy atom. The highest BCUT2D eigenvalue weighted by atomic mass is 16.7. The molecule has 1 fully saturated rings. The van der Waals surface area contributed by atoms with Crippen molar-refractivity contribution in [1.29, 1.82) is 0 Å². The molecule has 19 heavy (non-hydrogen) atoms. The van der Waals surface area contributed by atoms with Crippen LogP contribution < -0.4 is 10.1 Å². The van der Waals surface area contributed by atoms with Crippen LogP contribution in [0.5, 0.6) is 5.88 Å². The average molecular weight is 267 g/mol. The molecule has 0 aliphatic carbocycles. The molecule has 1 saturated heterocycles. The number of anilines is 1. The number of hydrogen-bond donors (Lipinski definition) is 1. The van der Waals surface area contributed by atoms with Gasteiger partial charge in [0.15, 0.2) is 5.79 Å². The number of aromatic nitrogens is 2. The fourth-order valence-corrected chi connectivity index (χ4v) is 1.78. The zero-order valence-electron chi connectivity index (χ0n) is 11.7. The van der Waals surface area contributed by atoms with E-state index >= 15 is 0 Å². The third-order valence-corrected chi connectivity index (χ3v) is 2.64. The molecule has 0 aromatic carbocycles. The van der Waals surface area contributed by atoms with E-state index in [1.54, 1.807) is 12.3 Å². The van der Waals surface area contributed by atoms with Crippen molar-refractivity contribution in [1.82, 2.24) is 9.97 Å². The summed E-state index contributed by atoms with van der Waals surface area (Å²) in [6.45, 7) is 7.71. The Labute approximate surface area is 113 Å². The molecular formula is C13H21N3O3. The standard InChI is InChI=1S/C13H21N3O3/c1-4-7-17-11-5-6-14-12(16-11)15-8-10-9-18-13(2,3)19-10/h5-6,10H,4,7-9H2,1-3H3,(H,14,15,16). The Balaban J connectivity index is 1.82. The van der Waals surface area contributed by atoms with Gasteiger partial charge >= 0.3 is 0 Å². The number of nitrogens with zero attached hydrogens (tertiary/aromatic N) is 2.